The number of aromatic nitrogens is 1. The summed E-state index contributed by atoms with van der Waals surface area (Å²) in [5.41, 5.74) is 3.72. The van der Waals surface area contributed by atoms with E-state index in [1.165, 1.54) is 12.3 Å². The maximum absolute atomic E-state index is 11.8. The van der Waals surface area contributed by atoms with Crippen LogP contribution in [0.5, 0.6) is 5.75 Å². The fraction of sp³-hybridized carbons (Fsp3) is 0.0556. The molecule has 5 nitrogen and oxygen atoms in total. The minimum absolute atomic E-state index is 0.263. The molecular formula is C18H12Cl3N3O2. The van der Waals surface area contributed by atoms with E-state index in [0.29, 0.717) is 26.5 Å². The molecule has 0 bridgehead atoms. The number of amides is 1. The van der Waals surface area contributed by atoms with Gasteiger partial charge in [-0.15, -0.1) is 0 Å². The first kappa shape index (κ1) is 18.5. The van der Waals surface area contributed by atoms with Crippen LogP contribution in [0.2, 0.25) is 15.2 Å². The fourth-order valence-electron chi connectivity index (χ4n) is 2.14. The van der Waals surface area contributed by atoms with Crippen LogP contribution in [-0.2, 0) is 4.79 Å². The molecule has 0 radical (unpaired) electrons. The lowest BCUT2D eigenvalue weighted by Crippen LogP contribution is -2.24. The first-order chi connectivity index (χ1) is 12.5. The van der Waals surface area contributed by atoms with Crippen molar-refractivity contribution < 1.29 is 9.53 Å². The van der Waals surface area contributed by atoms with Crippen LogP contribution < -0.4 is 10.2 Å². The Balaban J connectivity index is 1.60. The molecule has 2 aromatic carbocycles. The lowest BCUT2D eigenvalue weighted by atomic mass is 10.2. The van der Waals surface area contributed by atoms with E-state index in [2.05, 4.69) is 15.5 Å². The van der Waals surface area contributed by atoms with Crippen LogP contribution in [-0.4, -0.2) is 23.7 Å². The summed E-state index contributed by atoms with van der Waals surface area (Å²) in [5.74, 6) is -0.137. The number of carbonyl (C=O) groups is 1. The summed E-state index contributed by atoms with van der Waals surface area (Å²) in [6.07, 6.45) is 1.42. The predicted molar refractivity (Wildman–Crippen MR) is 104 cm³/mol. The zero-order valence-electron chi connectivity index (χ0n) is 13.2. The molecule has 1 heterocycles. The van der Waals surface area contributed by atoms with E-state index in [4.69, 9.17) is 39.5 Å². The summed E-state index contributed by atoms with van der Waals surface area (Å²) in [6, 6.07) is 14.1. The lowest BCUT2D eigenvalue weighted by Gasteiger charge is -2.07. The highest BCUT2D eigenvalue weighted by Gasteiger charge is 2.07. The first-order valence-corrected chi connectivity index (χ1v) is 8.61. The molecule has 3 aromatic rings. The van der Waals surface area contributed by atoms with Gasteiger partial charge in [0, 0.05) is 22.0 Å². The number of rotatable bonds is 5. The van der Waals surface area contributed by atoms with E-state index in [1.807, 2.05) is 30.3 Å². The predicted octanol–water partition coefficient (Wildman–Crippen LogP) is 4.72. The van der Waals surface area contributed by atoms with Gasteiger partial charge in [-0.3, -0.25) is 4.79 Å². The van der Waals surface area contributed by atoms with E-state index in [9.17, 15) is 4.79 Å². The number of pyridine rings is 1. The topological polar surface area (TPSA) is 63.6 Å². The van der Waals surface area contributed by atoms with Gasteiger partial charge in [-0.1, -0.05) is 53.0 Å². The number of hydrogen-bond donors (Lipinski definition) is 1. The van der Waals surface area contributed by atoms with Crippen molar-refractivity contribution in [1.29, 1.82) is 0 Å². The van der Waals surface area contributed by atoms with Crippen molar-refractivity contribution in [1.82, 2.24) is 10.4 Å². The van der Waals surface area contributed by atoms with Gasteiger partial charge in [0.25, 0.3) is 5.91 Å². The van der Waals surface area contributed by atoms with Crippen molar-refractivity contribution in [3.63, 3.8) is 0 Å². The normalized spacial score (nSPS) is 11.0. The maximum Gasteiger partial charge on any atom is 0.277 e. The third-order valence-electron chi connectivity index (χ3n) is 3.35. The number of hydrogen-bond acceptors (Lipinski definition) is 4. The summed E-state index contributed by atoms with van der Waals surface area (Å²) in [5, 5.41) is 5.91. The zero-order valence-corrected chi connectivity index (χ0v) is 15.5. The second kappa shape index (κ2) is 8.36. The van der Waals surface area contributed by atoms with Gasteiger partial charge in [0.2, 0.25) is 0 Å². The maximum atomic E-state index is 11.8. The molecule has 3 rings (SSSR count). The van der Waals surface area contributed by atoms with E-state index >= 15 is 0 Å². The average Bonchev–Trinajstić information content (AvgIpc) is 2.63. The van der Waals surface area contributed by atoms with Crippen molar-refractivity contribution in [2.75, 3.05) is 6.61 Å². The molecule has 0 aliphatic carbocycles. The van der Waals surface area contributed by atoms with Crippen LogP contribution in [0.3, 0.4) is 0 Å². The molecule has 0 aliphatic heterocycles. The van der Waals surface area contributed by atoms with Crippen LogP contribution in [0.4, 0.5) is 0 Å². The lowest BCUT2D eigenvalue weighted by molar-refractivity contribution is -0.123. The van der Waals surface area contributed by atoms with Crippen molar-refractivity contribution in [3.05, 3.63) is 69.3 Å². The van der Waals surface area contributed by atoms with Crippen LogP contribution in [0.1, 0.15) is 5.56 Å². The summed E-state index contributed by atoms with van der Waals surface area (Å²) >= 11 is 17.9. The molecule has 0 saturated carbocycles. The van der Waals surface area contributed by atoms with Crippen LogP contribution in [0.15, 0.2) is 53.6 Å². The van der Waals surface area contributed by atoms with E-state index < -0.39 is 5.91 Å². The first-order valence-electron chi connectivity index (χ1n) is 7.48. The SMILES string of the molecule is O=C(COc1cc(Cl)ccc1Cl)NN=Cc1cc2ccccc2nc1Cl. The molecule has 8 heteroatoms. The van der Waals surface area contributed by atoms with Gasteiger partial charge in [-0.25, -0.2) is 10.4 Å². The number of carbonyl (C=O) groups excluding carboxylic acids is 1. The second-order valence-corrected chi connectivity index (χ2v) is 6.42. The Morgan fingerprint density at radius 2 is 1.96 bits per heavy atom. The molecule has 1 amide bonds. The molecule has 0 aliphatic rings. The fourth-order valence-corrected chi connectivity index (χ4v) is 2.67. The third kappa shape index (κ3) is 4.64. The average molecular weight is 409 g/mol. The van der Waals surface area contributed by atoms with Gasteiger partial charge in [-0.05, 0) is 24.3 Å². The van der Waals surface area contributed by atoms with Crippen molar-refractivity contribution in [2.24, 2.45) is 5.10 Å². The molecule has 0 atom stereocenters. The Morgan fingerprint density at radius 3 is 2.81 bits per heavy atom. The van der Waals surface area contributed by atoms with Gasteiger partial charge in [0.1, 0.15) is 10.9 Å². The largest absolute Gasteiger partial charge is 0.482 e. The van der Waals surface area contributed by atoms with Crippen molar-refractivity contribution in [3.8, 4) is 5.75 Å². The van der Waals surface area contributed by atoms with Gasteiger partial charge in [0.05, 0.1) is 16.8 Å². The highest BCUT2D eigenvalue weighted by Crippen LogP contribution is 2.27. The molecule has 0 fully saturated rings. The number of fused-ring (bicyclic) bond motifs is 1. The Labute approximate surface area is 164 Å². The highest BCUT2D eigenvalue weighted by atomic mass is 35.5. The Morgan fingerprint density at radius 1 is 1.15 bits per heavy atom. The number of benzene rings is 2. The van der Waals surface area contributed by atoms with Gasteiger partial charge >= 0.3 is 0 Å². The summed E-state index contributed by atoms with van der Waals surface area (Å²) in [6.45, 7) is -0.263. The van der Waals surface area contributed by atoms with E-state index in [1.54, 1.807) is 12.1 Å². The van der Waals surface area contributed by atoms with Crippen molar-refractivity contribution >= 4 is 57.8 Å². The monoisotopic (exact) mass is 407 g/mol. The van der Waals surface area contributed by atoms with Crippen LogP contribution in [0.25, 0.3) is 10.9 Å². The van der Waals surface area contributed by atoms with Crippen LogP contribution >= 0.6 is 34.8 Å². The summed E-state index contributed by atoms with van der Waals surface area (Å²) in [4.78, 5) is 16.1. The number of nitrogens with zero attached hydrogens (tertiary/aromatic N) is 2. The quantitative estimate of drug-likeness (QED) is 0.377. The molecule has 1 N–H and O–H groups in total. The van der Waals surface area contributed by atoms with E-state index in [-0.39, 0.29) is 6.61 Å². The summed E-state index contributed by atoms with van der Waals surface area (Å²) in [7, 11) is 0. The van der Waals surface area contributed by atoms with E-state index in [0.717, 1.165) is 10.9 Å². The third-order valence-corrected chi connectivity index (χ3v) is 4.20. The minimum atomic E-state index is -0.456. The highest BCUT2D eigenvalue weighted by molar-refractivity contribution is 6.34. The molecule has 0 saturated heterocycles. The van der Waals surface area contributed by atoms with Gasteiger partial charge in [-0.2, -0.15) is 5.10 Å². The molecular weight excluding hydrogens is 397 g/mol. The van der Waals surface area contributed by atoms with Crippen molar-refractivity contribution in [2.45, 2.75) is 0 Å². The Kier molecular flexibility index (Phi) is 5.93. The molecule has 1 aromatic heterocycles. The number of para-hydroxylation sites is 1. The Bertz CT molecular complexity index is 993. The van der Waals surface area contributed by atoms with Crippen LogP contribution in [0, 0.1) is 0 Å². The number of halogens is 3. The molecule has 26 heavy (non-hydrogen) atoms. The standard InChI is InChI=1S/C18H12Cl3N3O2/c19-13-5-6-14(20)16(8-13)26-10-17(25)24-22-9-12-7-11-3-1-2-4-15(11)23-18(12)21/h1-9H,10H2,(H,24,25). The molecule has 132 valence electrons. The van der Waals surface area contributed by atoms with Gasteiger partial charge < -0.3 is 4.74 Å². The molecule has 0 spiro atoms. The molecule has 0 unspecified atom stereocenters. The Hall–Kier alpha value is -2.34. The smallest absolute Gasteiger partial charge is 0.277 e. The zero-order chi connectivity index (χ0) is 18.5. The summed E-state index contributed by atoms with van der Waals surface area (Å²) < 4.78 is 5.32. The van der Waals surface area contributed by atoms with Gasteiger partial charge in [0.15, 0.2) is 6.61 Å². The minimum Gasteiger partial charge on any atom is -0.482 e. The number of ether oxygens (including phenoxy) is 1. The number of nitrogens with one attached hydrogen (secondary N) is 1. The second-order valence-electron chi connectivity index (χ2n) is 5.22. The number of hydrazone groups is 1.